The fourth-order valence-corrected chi connectivity index (χ4v) is 2.14. The summed E-state index contributed by atoms with van der Waals surface area (Å²) in [7, 11) is 1.83. The molecule has 2 heterocycles. The van der Waals surface area contributed by atoms with Crippen LogP contribution in [-0.4, -0.2) is 24.7 Å². The van der Waals surface area contributed by atoms with Gasteiger partial charge in [-0.25, -0.2) is 4.98 Å². The Bertz CT molecular complexity index is 680. The summed E-state index contributed by atoms with van der Waals surface area (Å²) in [6, 6.07) is 0. The van der Waals surface area contributed by atoms with Crippen molar-refractivity contribution in [2.45, 2.75) is 26.8 Å². The second kappa shape index (κ2) is 5.73. The summed E-state index contributed by atoms with van der Waals surface area (Å²) in [4.78, 5) is 18.3. The van der Waals surface area contributed by atoms with E-state index in [0.29, 0.717) is 6.54 Å². The highest BCUT2D eigenvalue weighted by Crippen LogP contribution is 2.26. The number of nitrogen functional groups attached to an aromatic ring is 1. The van der Waals surface area contributed by atoms with Gasteiger partial charge in [0.15, 0.2) is 0 Å². The van der Waals surface area contributed by atoms with Crippen molar-refractivity contribution in [1.29, 1.82) is 0 Å². The molecule has 0 saturated carbocycles. The minimum absolute atomic E-state index is 0.00232. The van der Waals surface area contributed by atoms with E-state index in [2.05, 4.69) is 20.4 Å². The van der Waals surface area contributed by atoms with Gasteiger partial charge in [-0.05, 0) is 13.3 Å². The van der Waals surface area contributed by atoms with Gasteiger partial charge in [0.2, 0.25) is 11.8 Å². The van der Waals surface area contributed by atoms with E-state index in [-0.39, 0.29) is 23.1 Å². The Kier molecular flexibility index (Phi) is 4.01. The second-order valence-corrected chi connectivity index (χ2v) is 4.60. The molecule has 0 aliphatic rings. The lowest BCUT2D eigenvalue weighted by molar-refractivity contribution is -0.385. The average Bonchev–Trinajstić information content (AvgIpc) is 2.75. The standard InChI is InChI=1S/C12H17N7O2/c1-4-9-8(6-18(3)17-9)5-14-11-10(19(20)21)7(2)15-12(13)16-11/h6H,4-5H2,1-3H3,(H3,13,14,15,16). The van der Waals surface area contributed by atoms with Crippen LogP contribution in [0.15, 0.2) is 6.20 Å². The molecule has 2 aromatic heterocycles. The Balaban J connectivity index is 2.29. The number of nitrogens with one attached hydrogen (secondary N) is 1. The smallest absolute Gasteiger partial charge is 0.332 e. The highest BCUT2D eigenvalue weighted by Gasteiger charge is 2.21. The van der Waals surface area contributed by atoms with Gasteiger partial charge >= 0.3 is 5.69 Å². The first kappa shape index (κ1) is 14.7. The van der Waals surface area contributed by atoms with Crippen molar-refractivity contribution in [3.05, 3.63) is 33.3 Å². The van der Waals surface area contributed by atoms with Crippen molar-refractivity contribution in [1.82, 2.24) is 19.7 Å². The molecule has 21 heavy (non-hydrogen) atoms. The second-order valence-electron chi connectivity index (χ2n) is 4.60. The number of aryl methyl sites for hydroxylation is 3. The van der Waals surface area contributed by atoms with Gasteiger partial charge in [0.05, 0.1) is 10.6 Å². The highest BCUT2D eigenvalue weighted by molar-refractivity contribution is 5.60. The van der Waals surface area contributed by atoms with E-state index in [0.717, 1.165) is 17.7 Å². The molecule has 0 spiro atoms. The molecule has 2 aromatic rings. The van der Waals surface area contributed by atoms with Crippen molar-refractivity contribution < 1.29 is 4.92 Å². The molecule has 0 saturated heterocycles. The molecule has 0 aliphatic heterocycles. The van der Waals surface area contributed by atoms with Crippen LogP contribution >= 0.6 is 0 Å². The van der Waals surface area contributed by atoms with Crippen molar-refractivity contribution >= 4 is 17.5 Å². The van der Waals surface area contributed by atoms with E-state index in [9.17, 15) is 10.1 Å². The molecule has 0 bridgehead atoms. The minimum Gasteiger partial charge on any atom is -0.368 e. The van der Waals surface area contributed by atoms with Gasteiger partial charge in [-0.1, -0.05) is 6.92 Å². The molecule has 2 rings (SSSR count). The Morgan fingerprint density at radius 1 is 1.48 bits per heavy atom. The Morgan fingerprint density at radius 2 is 2.19 bits per heavy atom. The third-order valence-corrected chi connectivity index (χ3v) is 3.03. The Hall–Kier alpha value is -2.71. The summed E-state index contributed by atoms with van der Waals surface area (Å²) in [5.74, 6) is 0.124. The summed E-state index contributed by atoms with van der Waals surface area (Å²) in [5.41, 5.74) is 7.53. The number of rotatable bonds is 5. The predicted molar refractivity (Wildman–Crippen MR) is 77.7 cm³/mol. The Labute approximate surface area is 121 Å². The summed E-state index contributed by atoms with van der Waals surface area (Å²) < 4.78 is 1.71. The van der Waals surface area contributed by atoms with E-state index in [4.69, 9.17) is 5.73 Å². The zero-order valence-electron chi connectivity index (χ0n) is 12.1. The monoisotopic (exact) mass is 291 g/mol. The summed E-state index contributed by atoms with van der Waals surface area (Å²) in [5, 5.41) is 18.4. The molecule has 0 aliphatic carbocycles. The van der Waals surface area contributed by atoms with E-state index in [1.54, 1.807) is 4.68 Å². The fraction of sp³-hybridized carbons (Fsp3) is 0.417. The third-order valence-electron chi connectivity index (χ3n) is 3.03. The maximum absolute atomic E-state index is 11.1. The first-order valence-corrected chi connectivity index (χ1v) is 6.46. The SMILES string of the molecule is CCc1nn(C)cc1CNc1nc(N)nc(C)c1[N+](=O)[O-]. The van der Waals surface area contributed by atoms with Crippen molar-refractivity contribution in [3.63, 3.8) is 0 Å². The van der Waals surface area contributed by atoms with Crippen LogP contribution in [0.4, 0.5) is 17.5 Å². The number of aromatic nitrogens is 4. The summed E-state index contributed by atoms with van der Waals surface area (Å²) in [6.07, 6.45) is 2.65. The van der Waals surface area contributed by atoms with Crippen LogP contribution in [0.1, 0.15) is 23.9 Å². The van der Waals surface area contributed by atoms with Gasteiger partial charge in [-0.15, -0.1) is 0 Å². The van der Waals surface area contributed by atoms with E-state index in [1.165, 1.54) is 6.92 Å². The molecule has 0 fully saturated rings. The van der Waals surface area contributed by atoms with Crippen molar-refractivity contribution in [3.8, 4) is 0 Å². The molecule has 9 heteroatoms. The molecule has 0 radical (unpaired) electrons. The first-order chi connectivity index (χ1) is 9.92. The van der Waals surface area contributed by atoms with Gasteiger partial charge in [0.25, 0.3) is 0 Å². The normalized spacial score (nSPS) is 10.6. The number of anilines is 2. The van der Waals surface area contributed by atoms with Crippen LogP contribution in [-0.2, 0) is 20.0 Å². The Morgan fingerprint density at radius 3 is 2.81 bits per heavy atom. The quantitative estimate of drug-likeness (QED) is 0.626. The summed E-state index contributed by atoms with van der Waals surface area (Å²) in [6.45, 7) is 3.91. The molecular weight excluding hydrogens is 274 g/mol. The number of nitrogens with zero attached hydrogens (tertiary/aromatic N) is 5. The lowest BCUT2D eigenvalue weighted by Crippen LogP contribution is -2.10. The lowest BCUT2D eigenvalue weighted by Gasteiger charge is -2.08. The number of nitrogens with two attached hydrogens (primary N) is 1. The fourth-order valence-electron chi connectivity index (χ4n) is 2.14. The van der Waals surface area contributed by atoms with Crippen molar-refractivity contribution in [2.24, 2.45) is 7.05 Å². The number of hydrogen-bond donors (Lipinski definition) is 2. The maximum atomic E-state index is 11.1. The van der Waals surface area contributed by atoms with Crippen LogP contribution in [0.5, 0.6) is 0 Å². The van der Waals surface area contributed by atoms with Gasteiger partial charge in [0.1, 0.15) is 5.69 Å². The zero-order valence-corrected chi connectivity index (χ0v) is 12.1. The average molecular weight is 291 g/mol. The molecular formula is C12H17N7O2. The van der Waals surface area contributed by atoms with Crippen LogP contribution in [0, 0.1) is 17.0 Å². The number of hydrogen-bond acceptors (Lipinski definition) is 7. The van der Waals surface area contributed by atoms with Crippen LogP contribution < -0.4 is 11.1 Å². The molecule has 0 aromatic carbocycles. The molecule has 0 atom stereocenters. The van der Waals surface area contributed by atoms with E-state index in [1.807, 2.05) is 20.2 Å². The van der Waals surface area contributed by atoms with Gasteiger partial charge < -0.3 is 11.1 Å². The third kappa shape index (κ3) is 3.07. The molecule has 0 unspecified atom stereocenters. The predicted octanol–water partition coefficient (Wildman–Crippen LogP) is 1.18. The molecule has 0 amide bonds. The summed E-state index contributed by atoms with van der Waals surface area (Å²) >= 11 is 0. The molecule has 9 nitrogen and oxygen atoms in total. The largest absolute Gasteiger partial charge is 0.368 e. The highest BCUT2D eigenvalue weighted by atomic mass is 16.6. The van der Waals surface area contributed by atoms with Gasteiger partial charge in [-0.3, -0.25) is 14.8 Å². The van der Waals surface area contributed by atoms with Gasteiger partial charge in [0, 0.05) is 25.4 Å². The number of nitro groups is 1. The van der Waals surface area contributed by atoms with Gasteiger partial charge in [-0.2, -0.15) is 10.1 Å². The van der Waals surface area contributed by atoms with Crippen LogP contribution in [0.2, 0.25) is 0 Å². The van der Waals surface area contributed by atoms with Crippen molar-refractivity contribution in [2.75, 3.05) is 11.1 Å². The zero-order chi connectivity index (χ0) is 15.6. The van der Waals surface area contributed by atoms with E-state index >= 15 is 0 Å². The lowest BCUT2D eigenvalue weighted by atomic mass is 10.2. The molecule has 3 N–H and O–H groups in total. The maximum Gasteiger partial charge on any atom is 0.332 e. The van der Waals surface area contributed by atoms with Crippen LogP contribution in [0.25, 0.3) is 0 Å². The minimum atomic E-state index is -0.513. The first-order valence-electron chi connectivity index (χ1n) is 6.46. The van der Waals surface area contributed by atoms with Crippen LogP contribution in [0.3, 0.4) is 0 Å². The topological polar surface area (TPSA) is 125 Å². The molecule has 112 valence electrons. The van der Waals surface area contributed by atoms with E-state index < -0.39 is 4.92 Å².